The van der Waals surface area contributed by atoms with Crippen LogP contribution in [0.3, 0.4) is 0 Å². The van der Waals surface area contributed by atoms with Crippen LogP contribution in [-0.4, -0.2) is 84.4 Å². The van der Waals surface area contributed by atoms with Crippen molar-refractivity contribution >= 4 is 120 Å². The van der Waals surface area contributed by atoms with E-state index in [1.165, 1.54) is 0 Å². The van der Waals surface area contributed by atoms with Crippen LogP contribution in [0.2, 0.25) is 0 Å². The fraction of sp³-hybridized carbons (Fsp3) is 0. The number of hydrogen-bond donors (Lipinski definition) is 0. The van der Waals surface area contributed by atoms with Gasteiger partial charge in [-0.05, 0) is 0 Å². The predicted molar refractivity (Wildman–Crippen MR) is 38.3 cm³/mol. The van der Waals surface area contributed by atoms with Crippen LogP contribution in [0.25, 0.3) is 0 Å². The number of rotatable bonds is 0. The zero-order chi connectivity index (χ0) is 3.58. The maximum absolute atomic E-state index is 3.32. The second kappa shape index (κ2) is 8.41. The van der Waals surface area contributed by atoms with Crippen molar-refractivity contribution in [1.82, 2.24) is 0 Å². The van der Waals surface area contributed by atoms with Gasteiger partial charge in [0.05, 0.1) is 0 Å². The number of halogens is 3. The Balaban J connectivity index is 0. The third-order valence-corrected chi connectivity index (χ3v) is 0. The van der Waals surface area contributed by atoms with Gasteiger partial charge in [-0.15, -0.1) is 0 Å². The summed E-state index contributed by atoms with van der Waals surface area (Å²) >= 11 is 8.73. The van der Waals surface area contributed by atoms with Gasteiger partial charge in [0.15, 0.2) is 0 Å². The van der Waals surface area contributed by atoms with E-state index >= 15 is 0 Å². The Hall–Kier alpha value is 4.41. The van der Waals surface area contributed by atoms with E-state index in [9.17, 15) is 0 Å². The van der Waals surface area contributed by atoms with Crippen LogP contribution in [0.1, 0.15) is 0 Å². The van der Waals surface area contributed by atoms with E-state index in [1.54, 1.807) is 0 Å². The van der Waals surface area contributed by atoms with Gasteiger partial charge in [0.25, 0.3) is 0 Å². The van der Waals surface area contributed by atoms with E-state index in [0.717, 1.165) is 0 Å². The van der Waals surface area contributed by atoms with Crippen LogP contribution in [-0.2, 0) is 0 Å². The average Bonchev–Trinajstić information content (AvgIpc) is 0.811. The van der Waals surface area contributed by atoms with Gasteiger partial charge in [-0.3, -0.25) is 0 Å². The van der Waals surface area contributed by atoms with Crippen molar-refractivity contribution in [2.45, 2.75) is 0 Å². The first kappa shape index (κ1) is 12.1. The van der Waals surface area contributed by atoms with Crippen molar-refractivity contribution in [3.05, 3.63) is 0 Å². The maximum atomic E-state index is 3.32. The zero-order valence-electron chi connectivity index (χ0n) is 2.63. The summed E-state index contributed by atoms with van der Waals surface area (Å²) < 4.78 is 0. The van der Waals surface area contributed by atoms with Gasteiger partial charge < -0.3 is 0 Å². The molecule has 0 aliphatic rings. The molecule has 0 aromatic carbocycles. The first-order valence-corrected chi connectivity index (χ1v) is 25.9. The SMILES string of the molecule is [Br][Pb]([Br])[Br].[Cs]. The zero-order valence-corrected chi connectivity index (χ0v) is 17.6. The van der Waals surface area contributed by atoms with Crippen LogP contribution >= 0.6 is 36.0 Å². The first-order valence-electron chi connectivity index (χ1n) is 0.567. The minimum atomic E-state index is -1.22. The maximum Gasteiger partial charge on any atom is 0 e. The van der Waals surface area contributed by atoms with Crippen LogP contribution in [0, 0.1) is 0 Å². The molecule has 0 aromatic heterocycles. The molecule has 0 N–H and O–H groups in total. The summed E-state index contributed by atoms with van der Waals surface area (Å²) in [5.41, 5.74) is 0. The normalized spacial score (nSPS) is 7.20. The fourth-order valence-corrected chi connectivity index (χ4v) is 0. The third-order valence-electron chi connectivity index (χ3n) is 0. The Morgan fingerprint density at radius 3 is 1.00 bits per heavy atom. The minimum Gasteiger partial charge on any atom is 0 e. The molecule has 0 fully saturated rings. The second-order valence-electron chi connectivity index (χ2n) is 0.214. The quantitative estimate of drug-likeness (QED) is 0.384. The molecule has 0 bridgehead atoms. The van der Waals surface area contributed by atoms with Gasteiger partial charge in [0.2, 0.25) is 0 Å². The molecule has 0 aromatic rings. The van der Waals surface area contributed by atoms with Crippen molar-refractivity contribution < 1.29 is 0 Å². The van der Waals surface area contributed by atoms with E-state index < -0.39 is 15.5 Å². The Labute approximate surface area is 116 Å². The average molecular weight is 580 g/mol. The largest absolute Gasteiger partial charge is 0 e. The Morgan fingerprint density at radius 2 is 1.00 bits per heavy atom. The van der Waals surface area contributed by atoms with E-state index in [2.05, 4.69) is 36.0 Å². The van der Waals surface area contributed by atoms with Crippen molar-refractivity contribution in [3.63, 3.8) is 0 Å². The van der Waals surface area contributed by atoms with E-state index in [0.29, 0.717) is 0 Å². The molecular weight excluding hydrogens is 580 g/mol. The summed E-state index contributed by atoms with van der Waals surface area (Å²) in [5, 5.41) is 0. The van der Waals surface area contributed by atoms with Gasteiger partial charge in [-0.1, -0.05) is 0 Å². The van der Waals surface area contributed by atoms with Gasteiger partial charge >= 0.3 is 51.4 Å². The van der Waals surface area contributed by atoms with Crippen LogP contribution < -0.4 is 0 Å². The molecule has 0 rings (SSSR count). The Kier molecular flexibility index (Phi) is 20.4. The third kappa shape index (κ3) is 17.8. The molecule has 0 atom stereocenters. The molecular formula is Br3CsPb. The molecule has 26 valence electrons. The van der Waals surface area contributed by atoms with Crippen molar-refractivity contribution in [2.24, 2.45) is 0 Å². The summed E-state index contributed by atoms with van der Waals surface area (Å²) in [6, 6.07) is 0. The van der Waals surface area contributed by atoms with E-state index in [4.69, 9.17) is 0 Å². The van der Waals surface area contributed by atoms with Gasteiger partial charge in [-0.2, -0.15) is 0 Å². The van der Waals surface area contributed by atoms with Crippen LogP contribution in [0.5, 0.6) is 0 Å². The molecule has 2 radical (unpaired) electrons. The van der Waals surface area contributed by atoms with Crippen LogP contribution in [0.15, 0.2) is 0 Å². The minimum absolute atomic E-state index is 0. The molecule has 0 aliphatic heterocycles. The van der Waals surface area contributed by atoms with Gasteiger partial charge in [0, 0.05) is 68.9 Å². The van der Waals surface area contributed by atoms with Gasteiger partial charge in [0.1, 0.15) is 0 Å². The van der Waals surface area contributed by atoms with Gasteiger partial charge in [-0.25, -0.2) is 0 Å². The molecule has 0 saturated heterocycles. The molecule has 0 spiro atoms. The Bertz CT molecular complexity index is 11.6. The molecule has 5 heavy (non-hydrogen) atoms. The molecule has 0 unspecified atom stereocenters. The summed E-state index contributed by atoms with van der Waals surface area (Å²) in [7, 11) is 0. The van der Waals surface area contributed by atoms with E-state index in [-0.39, 0.29) is 68.9 Å². The summed E-state index contributed by atoms with van der Waals surface area (Å²) in [4.78, 5) is 0. The number of hydrogen-bond acceptors (Lipinski definition) is 0. The molecule has 0 heterocycles. The monoisotopic (exact) mass is 578 g/mol. The molecule has 0 amide bonds. The fourth-order valence-electron chi connectivity index (χ4n) is 0. The smallest absolute Gasteiger partial charge is 0 e. The molecule has 0 aliphatic carbocycles. The Morgan fingerprint density at radius 1 is 1.00 bits per heavy atom. The topological polar surface area (TPSA) is 0 Å². The molecule has 0 saturated carbocycles. The standard InChI is InChI=1S/3BrH.Cs.Pb/h3*1H;;/q;;;;+3/p-3. The van der Waals surface area contributed by atoms with Crippen molar-refractivity contribution in [3.8, 4) is 0 Å². The van der Waals surface area contributed by atoms with Crippen LogP contribution in [0.4, 0.5) is 0 Å². The second-order valence-corrected chi connectivity index (χ2v) is 50.8. The molecule has 5 heteroatoms. The summed E-state index contributed by atoms with van der Waals surface area (Å²) in [6.07, 6.45) is 0. The van der Waals surface area contributed by atoms with E-state index in [1.807, 2.05) is 0 Å². The summed E-state index contributed by atoms with van der Waals surface area (Å²) in [6.45, 7) is 0. The van der Waals surface area contributed by atoms with Crippen molar-refractivity contribution in [2.75, 3.05) is 0 Å². The van der Waals surface area contributed by atoms with Crippen molar-refractivity contribution in [1.29, 1.82) is 0 Å². The summed E-state index contributed by atoms with van der Waals surface area (Å²) in [5.74, 6) is 0. The molecule has 0 nitrogen and oxygen atoms in total. The predicted octanol–water partition coefficient (Wildman–Crippen LogP) is 1.78. The first-order chi connectivity index (χ1) is 1.73.